The van der Waals surface area contributed by atoms with Gasteiger partial charge < -0.3 is 9.84 Å². The van der Waals surface area contributed by atoms with E-state index in [1.54, 1.807) is 30.4 Å². The normalized spacial score (nSPS) is 11.9. The fourth-order valence-corrected chi connectivity index (χ4v) is 3.59. The van der Waals surface area contributed by atoms with Gasteiger partial charge in [-0.2, -0.15) is 0 Å². The molecule has 1 heterocycles. The Hall–Kier alpha value is -2.66. The number of rotatable bonds is 7. The number of aryl methyl sites for hydroxylation is 1. The number of aliphatic carboxylic acids is 1. The number of aromatic nitrogens is 1. The van der Waals surface area contributed by atoms with Crippen LogP contribution in [0.4, 0.5) is 0 Å². The van der Waals surface area contributed by atoms with Crippen LogP contribution >= 0.6 is 11.3 Å². The summed E-state index contributed by atoms with van der Waals surface area (Å²) in [6.07, 6.45) is 0.739. The summed E-state index contributed by atoms with van der Waals surface area (Å²) in [6, 6.07) is 17.4. The highest BCUT2D eigenvalue weighted by molar-refractivity contribution is 7.15. The molecular weight excluding hydrogens is 346 g/mol. The van der Waals surface area contributed by atoms with Gasteiger partial charge in [-0.25, -0.2) is 4.98 Å². The third kappa shape index (κ3) is 4.29. The minimum absolute atomic E-state index is 0.516. The van der Waals surface area contributed by atoms with E-state index < -0.39 is 11.9 Å². The second-order valence-electron chi connectivity index (χ2n) is 6.12. The molecule has 0 saturated heterocycles. The highest BCUT2D eigenvalue weighted by Crippen LogP contribution is 2.27. The van der Waals surface area contributed by atoms with Crippen LogP contribution in [0.5, 0.6) is 5.75 Å². The first-order chi connectivity index (χ1) is 12.5. The first kappa shape index (κ1) is 18.1. The molecule has 1 atom stereocenters. The predicted octanol–water partition coefficient (Wildman–Crippen LogP) is 4.93. The van der Waals surface area contributed by atoms with Crippen molar-refractivity contribution in [2.24, 2.45) is 0 Å². The Morgan fingerprint density at radius 3 is 2.50 bits per heavy atom. The van der Waals surface area contributed by atoms with Gasteiger partial charge in [0.05, 0.1) is 18.2 Å². The zero-order chi connectivity index (χ0) is 18.5. The number of carboxylic acids is 1. The SMILES string of the molecule is Cc1sc(-c2ccccc2)nc1CCOc1ccc(C(C)C(=O)O)cc1. The van der Waals surface area contributed by atoms with E-state index in [-0.39, 0.29) is 0 Å². The Balaban J connectivity index is 1.58. The maximum absolute atomic E-state index is 11.0. The summed E-state index contributed by atoms with van der Waals surface area (Å²) in [5.41, 5.74) is 2.97. The van der Waals surface area contributed by atoms with Crippen LogP contribution in [-0.2, 0) is 11.2 Å². The Morgan fingerprint density at radius 2 is 1.85 bits per heavy atom. The topological polar surface area (TPSA) is 59.4 Å². The van der Waals surface area contributed by atoms with Gasteiger partial charge in [0.1, 0.15) is 10.8 Å². The van der Waals surface area contributed by atoms with E-state index in [9.17, 15) is 4.79 Å². The van der Waals surface area contributed by atoms with Crippen molar-refractivity contribution in [1.82, 2.24) is 4.98 Å². The molecule has 1 unspecified atom stereocenters. The van der Waals surface area contributed by atoms with Crippen molar-refractivity contribution >= 4 is 17.3 Å². The lowest BCUT2D eigenvalue weighted by atomic mass is 10.0. The molecule has 0 amide bonds. The van der Waals surface area contributed by atoms with Crippen LogP contribution in [0.2, 0.25) is 0 Å². The molecule has 26 heavy (non-hydrogen) atoms. The largest absolute Gasteiger partial charge is 0.493 e. The van der Waals surface area contributed by atoms with E-state index in [0.29, 0.717) is 6.61 Å². The van der Waals surface area contributed by atoms with Crippen molar-refractivity contribution in [3.63, 3.8) is 0 Å². The van der Waals surface area contributed by atoms with Crippen LogP contribution in [0.3, 0.4) is 0 Å². The molecule has 0 saturated carbocycles. The van der Waals surface area contributed by atoms with Gasteiger partial charge in [0.25, 0.3) is 0 Å². The number of benzene rings is 2. The molecule has 5 heteroatoms. The van der Waals surface area contributed by atoms with E-state index in [0.717, 1.165) is 34.0 Å². The Morgan fingerprint density at radius 1 is 1.15 bits per heavy atom. The monoisotopic (exact) mass is 367 g/mol. The van der Waals surface area contributed by atoms with Crippen LogP contribution < -0.4 is 4.74 Å². The Kier molecular flexibility index (Phi) is 5.68. The summed E-state index contributed by atoms with van der Waals surface area (Å²) < 4.78 is 5.79. The lowest BCUT2D eigenvalue weighted by Gasteiger charge is -2.09. The molecule has 3 aromatic rings. The summed E-state index contributed by atoms with van der Waals surface area (Å²) in [4.78, 5) is 17.0. The number of hydrogen-bond acceptors (Lipinski definition) is 4. The smallest absolute Gasteiger partial charge is 0.310 e. The van der Waals surface area contributed by atoms with Crippen molar-refractivity contribution in [3.05, 3.63) is 70.7 Å². The van der Waals surface area contributed by atoms with Crippen molar-refractivity contribution in [3.8, 4) is 16.3 Å². The fraction of sp³-hybridized carbons (Fsp3) is 0.238. The molecule has 4 nitrogen and oxygen atoms in total. The molecule has 0 aliphatic carbocycles. The number of carbonyl (C=O) groups is 1. The summed E-state index contributed by atoms with van der Waals surface area (Å²) in [7, 11) is 0. The molecule has 134 valence electrons. The lowest BCUT2D eigenvalue weighted by molar-refractivity contribution is -0.138. The van der Waals surface area contributed by atoms with E-state index >= 15 is 0 Å². The zero-order valence-electron chi connectivity index (χ0n) is 14.8. The van der Waals surface area contributed by atoms with Gasteiger partial charge >= 0.3 is 5.97 Å². The second-order valence-corrected chi connectivity index (χ2v) is 7.32. The molecular formula is C21H21NO3S. The van der Waals surface area contributed by atoms with Gasteiger partial charge in [-0.05, 0) is 31.5 Å². The van der Waals surface area contributed by atoms with Crippen molar-refractivity contribution in [1.29, 1.82) is 0 Å². The van der Waals surface area contributed by atoms with Crippen LogP contribution in [0.25, 0.3) is 10.6 Å². The molecule has 0 aliphatic rings. The van der Waals surface area contributed by atoms with Gasteiger partial charge in [0.2, 0.25) is 0 Å². The van der Waals surface area contributed by atoms with Crippen LogP contribution in [-0.4, -0.2) is 22.7 Å². The van der Waals surface area contributed by atoms with Crippen LogP contribution in [0.15, 0.2) is 54.6 Å². The van der Waals surface area contributed by atoms with Gasteiger partial charge in [0, 0.05) is 16.9 Å². The number of hydrogen-bond donors (Lipinski definition) is 1. The van der Waals surface area contributed by atoms with Gasteiger partial charge in [0.15, 0.2) is 0 Å². The van der Waals surface area contributed by atoms with E-state index in [2.05, 4.69) is 19.1 Å². The van der Waals surface area contributed by atoms with Crippen molar-refractivity contribution < 1.29 is 14.6 Å². The van der Waals surface area contributed by atoms with Gasteiger partial charge in [-0.3, -0.25) is 4.79 Å². The number of carboxylic acid groups (broad SMARTS) is 1. The fourth-order valence-electron chi connectivity index (χ4n) is 2.63. The van der Waals surface area contributed by atoms with Crippen LogP contribution in [0, 0.1) is 6.92 Å². The third-order valence-electron chi connectivity index (χ3n) is 4.27. The molecule has 1 N–H and O–H groups in total. The molecule has 0 spiro atoms. The van der Waals surface area contributed by atoms with E-state index in [1.165, 1.54) is 4.88 Å². The second kappa shape index (κ2) is 8.15. The van der Waals surface area contributed by atoms with Crippen LogP contribution in [0.1, 0.15) is 29.0 Å². The first-order valence-corrected chi connectivity index (χ1v) is 9.33. The highest BCUT2D eigenvalue weighted by Gasteiger charge is 2.13. The van der Waals surface area contributed by atoms with Crippen molar-refractivity contribution in [2.75, 3.05) is 6.61 Å². The predicted molar refractivity (Wildman–Crippen MR) is 104 cm³/mol. The van der Waals surface area contributed by atoms with Gasteiger partial charge in [-0.1, -0.05) is 42.5 Å². The minimum Gasteiger partial charge on any atom is -0.493 e. The Bertz CT molecular complexity index is 872. The maximum Gasteiger partial charge on any atom is 0.310 e. The molecule has 2 aromatic carbocycles. The Labute approximate surface area is 157 Å². The average molecular weight is 367 g/mol. The molecule has 0 radical (unpaired) electrons. The first-order valence-electron chi connectivity index (χ1n) is 8.52. The highest BCUT2D eigenvalue weighted by atomic mass is 32.1. The van der Waals surface area contributed by atoms with E-state index in [1.807, 2.05) is 30.3 Å². The third-order valence-corrected chi connectivity index (χ3v) is 5.33. The number of thiazole rings is 1. The van der Waals surface area contributed by atoms with Crippen molar-refractivity contribution in [2.45, 2.75) is 26.2 Å². The molecule has 1 aromatic heterocycles. The average Bonchev–Trinajstić information content (AvgIpc) is 3.03. The minimum atomic E-state index is -0.827. The summed E-state index contributed by atoms with van der Waals surface area (Å²) in [5, 5.41) is 10.1. The number of nitrogens with zero attached hydrogens (tertiary/aromatic N) is 1. The number of ether oxygens (including phenoxy) is 1. The summed E-state index contributed by atoms with van der Waals surface area (Å²) in [5.74, 6) is -0.604. The standard InChI is InChI=1S/C21H21NO3S/c1-14(21(23)24)16-8-10-18(11-9-16)25-13-12-19-15(2)26-20(22-19)17-6-4-3-5-7-17/h3-11,14H,12-13H2,1-2H3,(H,23,24). The summed E-state index contributed by atoms with van der Waals surface area (Å²) >= 11 is 1.70. The summed E-state index contributed by atoms with van der Waals surface area (Å²) in [6.45, 7) is 4.29. The molecule has 0 aliphatic heterocycles. The lowest BCUT2D eigenvalue weighted by Crippen LogP contribution is -2.07. The molecule has 0 fully saturated rings. The molecule has 0 bridgehead atoms. The quantitative estimate of drug-likeness (QED) is 0.643. The zero-order valence-corrected chi connectivity index (χ0v) is 15.6. The van der Waals surface area contributed by atoms with Gasteiger partial charge in [-0.15, -0.1) is 11.3 Å². The molecule has 3 rings (SSSR count). The maximum atomic E-state index is 11.0. The van der Waals surface area contributed by atoms with E-state index in [4.69, 9.17) is 14.8 Å².